The van der Waals surface area contributed by atoms with Crippen molar-refractivity contribution >= 4 is 5.69 Å². The average molecular weight is 310 g/mol. The second-order valence-electron chi connectivity index (χ2n) is 3.74. The number of allylic oxidation sites excluding steroid dienone is 2. The third kappa shape index (κ3) is 3.44. The van der Waals surface area contributed by atoms with Gasteiger partial charge >= 0.3 is 6.18 Å². The van der Waals surface area contributed by atoms with Crippen LogP contribution in [0.4, 0.5) is 23.2 Å². The van der Waals surface area contributed by atoms with Gasteiger partial charge in [0.2, 0.25) is 0 Å². The van der Waals surface area contributed by atoms with E-state index < -0.39 is 40.3 Å². The van der Waals surface area contributed by atoms with Gasteiger partial charge in [-0.05, 0) is 6.07 Å². The number of alkyl halides is 3. The van der Waals surface area contributed by atoms with Crippen LogP contribution in [-0.2, 0) is 6.18 Å². The van der Waals surface area contributed by atoms with Crippen LogP contribution in [0.3, 0.4) is 0 Å². The van der Waals surface area contributed by atoms with Crippen LogP contribution in [0.15, 0.2) is 23.4 Å². The van der Waals surface area contributed by atoms with Crippen LogP contribution >= 0.6 is 0 Å². The molecular weight excluding hydrogens is 304 g/mol. The van der Waals surface area contributed by atoms with Crippen molar-refractivity contribution in [1.29, 1.82) is 15.8 Å². The minimum absolute atomic E-state index is 0.231. The Bertz CT molecular complexity index is 732. The maximum absolute atomic E-state index is 13.4. The van der Waals surface area contributed by atoms with Gasteiger partial charge in [0, 0.05) is 6.07 Å². The van der Waals surface area contributed by atoms with E-state index in [0.29, 0.717) is 6.07 Å². The Balaban J connectivity index is 3.54. The Morgan fingerprint density at radius 1 is 1.14 bits per heavy atom. The highest BCUT2D eigenvalue weighted by Gasteiger charge is 2.36. The van der Waals surface area contributed by atoms with Gasteiger partial charge in [-0.25, -0.2) is 4.39 Å². The first-order valence-electron chi connectivity index (χ1n) is 5.44. The van der Waals surface area contributed by atoms with E-state index >= 15 is 0 Å². The van der Waals surface area contributed by atoms with Gasteiger partial charge in [0.25, 0.3) is 0 Å². The molecule has 5 nitrogen and oxygen atoms in total. The molecule has 1 aromatic rings. The van der Waals surface area contributed by atoms with Crippen molar-refractivity contribution in [3.05, 3.63) is 34.8 Å². The monoisotopic (exact) mass is 310 g/mol. The molecule has 0 unspecified atom stereocenters. The first-order chi connectivity index (χ1) is 10.3. The molecule has 0 bridgehead atoms. The lowest BCUT2D eigenvalue weighted by molar-refractivity contribution is -0.138. The van der Waals surface area contributed by atoms with Crippen LogP contribution in [0.25, 0.3) is 0 Å². The topological polar surface area (TPSA) is 92.6 Å². The molecule has 0 amide bonds. The molecule has 1 aromatic carbocycles. The molecule has 0 aromatic heterocycles. The lowest BCUT2D eigenvalue weighted by Gasteiger charge is -2.16. The minimum Gasteiger partial charge on any atom is -0.494 e. The molecule has 0 heterocycles. The van der Waals surface area contributed by atoms with Crippen LogP contribution in [-0.4, -0.2) is 7.11 Å². The normalized spacial score (nSPS) is 9.91. The summed E-state index contributed by atoms with van der Waals surface area (Å²) in [6.45, 7) is 0. The maximum atomic E-state index is 13.4. The largest absolute Gasteiger partial charge is 0.494 e. The number of hydrogen-bond acceptors (Lipinski definition) is 5. The summed E-state index contributed by atoms with van der Waals surface area (Å²) in [5.74, 6) is -2.00. The van der Waals surface area contributed by atoms with E-state index in [0.717, 1.165) is 7.11 Å². The molecule has 9 heteroatoms. The average Bonchev–Trinajstić information content (AvgIpc) is 2.45. The number of methoxy groups -OCH3 is 1. The molecule has 0 saturated carbocycles. The number of halogens is 4. The van der Waals surface area contributed by atoms with Crippen LogP contribution in [0.5, 0.6) is 5.75 Å². The summed E-state index contributed by atoms with van der Waals surface area (Å²) >= 11 is 0. The first-order valence-corrected chi connectivity index (χ1v) is 5.44. The Morgan fingerprint density at radius 2 is 1.73 bits per heavy atom. The SMILES string of the molecule is COc1c(NC(C#N)=C(C#N)C#N)cc(F)cc1C(F)(F)F. The Hall–Kier alpha value is -3.25. The van der Waals surface area contributed by atoms with E-state index in [9.17, 15) is 17.6 Å². The molecular formula is C13H6F4N4O. The molecule has 22 heavy (non-hydrogen) atoms. The molecule has 0 atom stereocenters. The fraction of sp³-hybridized carbons (Fsp3) is 0.154. The Labute approximate surface area is 122 Å². The summed E-state index contributed by atoms with van der Waals surface area (Å²) < 4.78 is 56.5. The fourth-order valence-electron chi connectivity index (χ4n) is 1.53. The second kappa shape index (κ2) is 6.47. The summed E-state index contributed by atoms with van der Waals surface area (Å²) in [6, 6.07) is 5.12. The zero-order chi connectivity index (χ0) is 16.9. The fourth-order valence-corrected chi connectivity index (χ4v) is 1.53. The number of hydrogen-bond donors (Lipinski definition) is 1. The van der Waals surface area contributed by atoms with Gasteiger partial charge in [-0.3, -0.25) is 0 Å². The highest BCUT2D eigenvalue weighted by atomic mass is 19.4. The van der Waals surface area contributed by atoms with E-state index in [1.165, 1.54) is 18.2 Å². The van der Waals surface area contributed by atoms with Crippen molar-refractivity contribution in [3.8, 4) is 24.0 Å². The van der Waals surface area contributed by atoms with Gasteiger partial charge < -0.3 is 10.1 Å². The van der Waals surface area contributed by atoms with E-state index in [1.54, 1.807) is 0 Å². The lowest BCUT2D eigenvalue weighted by atomic mass is 10.1. The summed E-state index contributed by atoms with van der Waals surface area (Å²) in [4.78, 5) is 0. The van der Waals surface area contributed by atoms with Crippen LogP contribution in [0.1, 0.15) is 5.56 Å². The number of anilines is 1. The molecule has 1 rings (SSSR count). The van der Waals surface area contributed by atoms with Gasteiger partial charge in [0.05, 0.1) is 12.8 Å². The first kappa shape index (κ1) is 16.8. The van der Waals surface area contributed by atoms with Gasteiger partial charge in [-0.2, -0.15) is 29.0 Å². The predicted octanol–water partition coefficient (Wildman–Crippen LogP) is 3.09. The number of nitrogens with one attached hydrogen (secondary N) is 1. The van der Waals surface area contributed by atoms with Crippen LogP contribution in [0, 0.1) is 39.8 Å². The van der Waals surface area contributed by atoms with Crippen molar-refractivity contribution < 1.29 is 22.3 Å². The smallest absolute Gasteiger partial charge is 0.420 e. The van der Waals surface area contributed by atoms with Crippen LogP contribution < -0.4 is 10.1 Å². The van der Waals surface area contributed by atoms with Gasteiger partial charge in [0.1, 0.15) is 35.3 Å². The summed E-state index contributed by atoms with van der Waals surface area (Å²) in [7, 11) is 0.929. The molecule has 0 aliphatic carbocycles. The lowest BCUT2D eigenvalue weighted by Crippen LogP contribution is -2.11. The van der Waals surface area contributed by atoms with Crippen molar-refractivity contribution in [3.63, 3.8) is 0 Å². The number of benzene rings is 1. The molecule has 112 valence electrons. The van der Waals surface area contributed by atoms with Gasteiger partial charge in [-0.15, -0.1) is 0 Å². The summed E-state index contributed by atoms with van der Waals surface area (Å²) in [5, 5.41) is 28.3. The molecule has 0 aliphatic rings. The summed E-state index contributed by atoms with van der Waals surface area (Å²) in [6.07, 6.45) is -4.90. The molecule has 1 N–H and O–H groups in total. The molecule has 0 saturated heterocycles. The maximum Gasteiger partial charge on any atom is 0.420 e. The van der Waals surface area contributed by atoms with E-state index in [1.807, 2.05) is 0 Å². The number of nitrogens with zero attached hydrogens (tertiary/aromatic N) is 3. The predicted molar refractivity (Wildman–Crippen MR) is 65.4 cm³/mol. The minimum atomic E-state index is -4.90. The third-order valence-electron chi connectivity index (χ3n) is 2.41. The van der Waals surface area contributed by atoms with E-state index in [-0.39, 0.29) is 6.07 Å². The second-order valence-corrected chi connectivity index (χ2v) is 3.74. The van der Waals surface area contributed by atoms with E-state index in [4.69, 9.17) is 15.8 Å². The van der Waals surface area contributed by atoms with Crippen LogP contribution in [0.2, 0.25) is 0 Å². The van der Waals surface area contributed by atoms with Crippen molar-refractivity contribution in [1.82, 2.24) is 0 Å². The molecule has 0 fully saturated rings. The molecule has 0 spiro atoms. The Morgan fingerprint density at radius 3 is 2.14 bits per heavy atom. The molecule has 0 radical (unpaired) electrons. The van der Waals surface area contributed by atoms with Gasteiger partial charge in [0.15, 0.2) is 11.3 Å². The van der Waals surface area contributed by atoms with Crippen molar-refractivity contribution in [2.45, 2.75) is 6.18 Å². The number of nitriles is 3. The van der Waals surface area contributed by atoms with E-state index in [2.05, 4.69) is 10.1 Å². The highest BCUT2D eigenvalue weighted by Crippen LogP contribution is 2.41. The van der Waals surface area contributed by atoms with Crippen molar-refractivity contribution in [2.24, 2.45) is 0 Å². The highest BCUT2D eigenvalue weighted by molar-refractivity contribution is 5.67. The number of rotatable bonds is 3. The molecule has 0 aliphatic heterocycles. The summed E-state index contributed by atoms with van der Waals surface area (Å²) in [5.41, 5.74) is -3.22. The zero-order valence-corrected chi connectivity index (χ0v) is 10.9. The van der Waals surface area contributed by atoms with Crippen molar-refractivity contribution in [2.75, 3.05) is 12.4 Å². The number of ether oxygens (including phenoxy) is 1. The standard InChI is InChI=1S/C13H6F4N4O/c1-22-12-9(13(15,16)17)2-8(14)3-10(12)21-11(6-20)7(4-18)5-19/h2-3,21H,1H3. The quantitative estimate of drug-likeness (QED) is 0.684. The van der Waals surface area contributed by atoms with Gasteiger partial charge in [-0.1, -0.05) is 0 Å². The Kier molecular flexibility index (Phi) is 4.94. The third-order valence-corrected chi connectivity index (χ3v) is 2.41. The zero-order valence-electron chi connectivity index (χ0n) is 10.9.